The third kappa shape index (κ3) is 4.86. The van der Waals surface area contributed by atoms with Crippen LogP contribution in [0, 0.1) is 13.8 Å². The standard InChI is InChI=1S/C27H35N7O3/c1-6-20-18(3)34(24-10-11-32(4)16-25(24)35)31-26(20)36-12-7-13-37-27-22(15-28-33(27)5)19-8-9-23-21(14-19)17(2)29-30-23/h6,8-9,14-15,24-25,35H,1,7,10-13,16H2,2-5H3,(H,29,30)/t24-,25-/m0/s1. The minimum Gasteiger partial charge on any atom is -0.477 e. The Kier molecular flexibility index (Phi) is 7.03. The quantitative estimate of drug-likeness (QED) is 0.335. The zero-order valence-electron chi connectivity index (χ0n) is 21.9. The average molecular weight is 506 g/mol. The first kappa shape index (κ1) is 25.0. The third-order valence-electron chi connectivity index (χ3n) is 7.14. The molecule has 0 unspecified atom stereocenters. The van der Waals surface area contributed by atoms with Gasteiger partial charge in [-0.15, -0.1) is 5.10 Å². The van der Waals surface area contributed by atoms with Crippen molar-refractivity contribution in [2.24, 2.45) is 7.05 Å². The minimum absolute atomic E-state index is 0.0658. The lowest BCUT2D eigenvalue weighted by Crippen LogP contribution is -2.43. The number of aromatic amines is 1. The molecule has 4 aromatic rings. The fourth-order valence-corrected chi connectivity index (χ4v) is 5.03. The van der Waals surface area contributed by atoms with Gasteiger partial charge in [-0.25, -0.2) is 4.68 Å². The molecule has 1 aromatic carbocycles. The molecule has 4 heterocycles. The molecule has 2 N–H and O–H groups in total. The number of nitrogens with one attached hydrogen (secondary N) is 1. The number of benzene rings is 1. The first-order valence-corrected chi connectivity index (χ1v) is 12.7. The van der Waals surface area contributed by atoms with E-state index in [2.05, 4.69) is 32.8 Å². The Morgan fingerprint density at radius 3 is 2.81 bits per heavy atom. The largest absolute Gasteiger partial charge is 0.477 e. The Hall–Kier alpha value is -3.63. The number of H-pyrrole nitrogens is 1. The smallest absolute Gasteiger partial charge is 0.240 e. The molecule has 0 aliphatic carbocycles. The summed E-state index contributed by atoms with van der Waals surface area (Å²) in [6.07, 6.45) is 4.63. The lowest BCUT2D eigenvalue weighted by molar-refractivity contribution is 0.0318. The summed E-state index contributed by atoms with van der Waals surface area (Å²) in [7, 11) is 3.90. The highest BCUT2D eigenvalue weighted by atomic mass is 16.5. The molecule has 0 spiro atoms. The highest BCUT2D eigenvalue weighted by Crippen LogP contribution is 2.33. The topological polar surface area (TPSA) is 106 Å². The Bertz CT molecular complexity index is 1400. The van der Waals surface area contributed by atoms with E-state index < -0.39 is 6.10 Å². The van der Waals surface area contributed by atoms with Crippen LogP contribution in [0.15, 0.2) is 31.0 Å². The molecule has 5 rings (SSSR count). The van der Waals surface area contributed by atoms with E-state index in [0.717, 1.165) is 51.9 Å². The van der Waals surface area contributed by atoms with E-state index in [1.807, 2.05) is 51.0 Å². The van der Waals surface area contributed by atoms with Gasteiger partial charge in [0.1, 0.15) is 0 Å². The predicted molar refractivity (Wildman–Crippen MR) is 143 cm³/mol. The number of ether oxygens (including phenoxy) is 2. The van der Waals surface area contributed by atoms with E-state index in [9.17, 15) is 5.11 Å². The number of hydrogen-bond acceptors (Lipinski definition) is 7. The molecule has 0 amide bonds. The molecule has 37 heavy (non-hydrogen) atoms. The number of aryl methyl sites for hydroxylation is 2. The minimum atomic E-state index is -0.470. The second-order valence-corrected chi connectivity index (χ2v) is 9.76. The number of likely N-dealkylation sites (N-methyl/N-ethyl adjacent to an activating group) is 1. The maximum absolute atomic E-state index is 10.6. The molecule has 196 valence electrons. The third-order valence-corrected chi connectivity index (χ3v) is 7.14. The van der Waals surface area contributed by atoms with Gasteiger partial charge in [-0.2, -0.15) is 10.2 Å². The van der Waals surface area contributed by atoms with Crippen molar-refractivity contribution in [2.45, 2.75) is 38.8 Å². The lowest BCUT2D eigenvalue weighted by Gasteiger charge is -2.34. The highest BCUT2D eigenvalue weighted by Gasteiger charge is 2.30. The molecule has 1 aliphatic heterocycles. The molecule has 0 saturated carbocycles. The number of rotatable bonds is 9. The zero-order chi connectivity index (χ0) is 26.1. The predicted octanol–water partition coefficient (Wildman–Crippen LogP) is 3.51. The van der Waals surface area contributed by atoms with Gasteiger partial charge in [0.15, 0.2) is 0 Å². The Balaban J connectivity index is 1.22. The first-order valence-electron chi connectivity index (χ1n) is 12.7. The van der Waals surface area contributed by atoms with Crippen LogP contribution in [-0.2, 0) is 7.05 Å². The summed E-state index contributed by atoms with van der Waals surface area (Å²) < 4.78 is 15.8. The molecule has 1 aliphatic rings. The Morgan fingerprint density at radius 1 is 1.22 bits per heavy atom. The number of β-amino-alcohol motifs (C(OH)–C–C–N with tert-alkyl or cyclic N) is 1. The van der Waals surface area contributed by atoms with E-state index in [4.69, 9.17) is 14.6 Å². The second kappa shape index (κ2) is 10.4. The number of fused-ring (bicyclic) bond motifs is 1. The molecule has 0 radical (unpaired) electrons. The molecule has 10 heteroatoms. The molecule has 10 nitrogen and oxygen atoms in total. The number of aliphatic hydroxyl groups excluding tert-OH is 1. The van der Waals surface area contributed by atoms with E-state index >= 15 is 0 Å². The molecule has 0 bridgehead atoms. The van der Waals surface area contributed by atoms with E-state index in [1.54, 1.807) is 10.8 Å². The number of likely N-dealkylation sites (tertiary alicyclic amines) is 1. The fraction of sp³-hybridized carbons (Fsp3) is 0.444. The van der Waals surface area contributed by atoms with Crippen molar-refractivity contribution in [2.75, 3.05) is 33.4 Å². The summed E-state index contributed by atoms with van der Waals surface area (Å²) in [5, 5.41) is 28.1. The van der Waals surface area contributed by atoms with Crippen molar-refractivity contribution in [1.29, 1.82) is 0 Å². The van der Waals surface area contributed by atoms with Crippen molar-refractivity contribution < 1.29 is 14.6 Å². The van der Waals surface area contributed by atoms with Crippen LogP contribution in [0.5, 0.6) is 11.8 Å². The van der Waals surface area contributed by atoms with Crippen molar-refractivity contribution in [3.63, 3.8) is 0 Å². The maximum Gasteiger partial charge on any atom is 0.240 e. The summed E-state index contributed by atoms with van der Waals surface area (Å²) in [6, 6.07) is 6.08. The lowest BCUT2D eigenvalue weighted by atomic mass is 10.0. The van der Waals surface area contributed by atoms with Gasteiger partial charge < -0.3 is 19.5 Å². The molecular weight excluding hydrogens is 470 g/mol. The van der Waals surface area contributed by atoms with Crippen molar-refractivity contribution in [3.05, 3.63) is 47.9 Å². The van der Waals surface area contributed by atoms with E-state index in [0.29, 0.717) is 37.9 Å². The monoisotopic (exact) mass is 505 g/mol. The van der Waals surface area contributed by atoms with E-state index in [1.165, 1.54) is 0 Å². The SMILES string of the molecule is C=Cc1c(OCCCOc2c(-c3ccc4n[nH]c(C)c4c3)cnn2C)nn([C@H]2CCN(C)C[C@@H]2O)c1C. The number of hydrogen-bond donors (Lipinski definition) is 2. The van der Waals surface area contributed by atoms with Gasteiger partial charge in [0.2, 0.25) is 11.8 Å². The van der Waals surface area contributed by atoms with E-state index in [-0.39, 0.29) is 6.04 Å². The van der Waals surface area contributed by atoms with Crippen LogP contribution < -0.4 is 9.47 Å². The van der Waals surface area contributed by atoms with Gasteiger partial charge in [0.05, 0.1) is 48.2 Å². The van der Waals surface area contributed by atoms with Crippen LogP contribution in [0.1, 0.15) is 35.8 Å². The number of aliphatic hydroxyl groups is 1. The van der Waals surface area contributed by atoms with Gasteiger partial charge in [-0.1, -0.05) is 18.7 Å². The molecule has 3 aromatic heterocycles. The van der Waals surface area contributed by atoms with Crippen LogP contribution in [-0.4, -0.2) is 79.2 Å². The average Bonchev–Trinajstić information content (AvgIpc) is 3.53. The molecule has 2 atom stereocenters. The maximum atomic E-state index is 10.6. The summed E-state index contributed by atoms with van der Waals surface area (Å²) >= 11 is 0. The van der Waals surface area contributed by atoms with Crippen LogP contribution in [0.25, 0.3) is 28.1 Å². The van der Waals surface area contributed by atoms with Crippen LogP contribution in [0.3, 0.4) is 0 Å². The van der Waals surface area contributed by atoms with Gasteiger partial charge in [-0.3, -0.25) is 9.78 Å². The first-order chi connectivity index (χ1) is 17.9. The van der Waals surface area contributed by atoms with Gasteiger partial charge in [0.25, 0.3) is 0 Å². The van der Waals surface area contributed by atoms with Crippen LogP contribution >= 0.6 is 0 Å². The zero-order valence-corrected chi connectivity index (χ0v) is 21.9. The Morgan fingerprint density at radius 2 is 2.03 bits per heavy atom. The molecule has 1 fully saturated rings. The number of nitrogens with zero attached hydrogens (tertiary/aromatic N) is 6. The van der Waals surface area contributed by atoms with Crippen LogP contribution in [0.2, 0.25) is 0 Å². The van der Waals surface area contributed by atoms with Crippen molar-refractivity contribution >= 4 is 17.0 Å². The highest BCUT2D eigenvalue weighted by molar-refractivity contribution is 5.87. The summed E-state index contributed by atoms with van der Waals surface area (Å²) in [6.45, 7) is 10.4. The summed E-state index contributed by atoms with van der Waals surface area (Å²) in [5.41, 5.74) is 5.76. The number of aromatic nitrogens is 6. The molecule has 1 saturated heterocycles. The van der Waals surface area contributed by atoms with Crippen LogP contribution in [0.4, 0.5) is 0 Å². The second-order valence-electron chi connectivity index (χ2n) is 9.76. The normalized spacial score (nSPS) is 18.4. The van der Waals surface area contributed by atoms with Gasteiger partial charge in [-0.05, 0) is 45.0 Å². The van der Waals surface area contributed by atoms with Gasteiger partial charge >= 0.3 is 0 Å². The number of piperidine rings is 1. The van der Waals surface area contributed by atoms with Crippen molar-refractivity contribution in [1.82, 2.24) is 34.7 Å². The van der Waals surface area contributed by atoms with Crippen molar-refractivity contribution in [3.8, 4) is 22.9 Å². The fourth-order valence-electron chi connectivity index (χ4n) is 5.03. The Labute approximate surface area is 216 Å². The van der Waals surface area contributed by atoms with Gasteiger partial charge in [0, 0.05) is 43.3 Å². The summed E-state index contributed by atoms with van der Waals surface area (Å²) in [5.74, 6) is 1.26. The summed E-state index contributed by atoms with van der Waals surface area (Å²) in [4.78, 5) is 2.14. The molecular formula is C27H35N7O3.